The summed E-state index contributed by atoms with van der Waals surface area (Å²) in [5.74, 6) is -2.90. The molecule has 1 unspecified atom stereocenters. The minimum absolute atomic E-state index is 0.333. The first-order valence-corrected chi connectivity index (χ1v) is 9.62. The highest BCUT2D eigenvalue weighted by molar-refractivity contribution is 7.85. The highest BCUT2D eigenvalue weighted by atomic mass is 32.2. The van der Waals surface area contributed by atoms with Gasteiger partial charge in [0.25, 0.3) is 10.1 Å². The van der Waals surface area contributed by atoms with Gasteiger partial charge in [0, 0.05) is 16.4 Å². The molecule has 22 heavy (non-hydrogen) atoms. The third kappa shape index (κ3) is 5.11. The van der Waals surface area contributed by atoms with Crippen molar-refractivity contribution in [2.24, 2.45) is 11.8 Å². The fourth-order valence-electron chi connectivity index (χ4n) is 2.21. The molecule has 1 N–H and O–H groups in total. The fourth-order valence-corrected chi connectivity index (χ4v) is 4.44. The van der Waals surface area contributed by atoms with E-state index in [-0.39, 0.29) is 5.75 Å². The molecule has 0 aliphatic carbocycles. The Morgan fingerprint density at radius 3 is 2.05 bits per heavy atom. The molecule has 6 nitrogen and oxygen atoms in total. The molecule has 0 saturated carbocycles. The average molecular weight is 349 g/mol. The van der Waals surface area contributed by atoms with Gasteiger partial charge in [-0.05, 0) is 5.56 Å². The largest absolute Gasteiger partial charge is 0.697 e. The maximum Gasteiger partial charge on any atom is 0.697 e. The van der Waals surface area contributed by atoms with Crippen LogP contribution in [0.2, 0.25) is 0 Å². The van der Waals surface area contributed by atoms with Crippen LogP contribution in [0.5, 0.6) is 0 Å². The molecule has 0 bridgehead atoms. The molecular weight excluding hydrogens is 327 g/mol. The van der Waals surface area contributed by atoms with Crippen LogP contribution in [0.1, 0.15) is 33.3 Å². The summed E-state index contributed by atoms with van der Waals surface area (Å²) in [6.45, 7) is 6.71. The van der Waals surface area contributed by atoms with Crippen LogP contribution in [-0.2, 0) is 29.1 Å². The van der Waals surface area contributed by atoms with Crippen LogP contribution in [-0.4, -0.2) is 19.1 Å². The minimum atomic E-state index is -3.99. The van der Waals surface area contributed by atoms with Crippen molar-refractivity contribution in [2.45, 2.75) is 39.2 Å². The maximum atomic E-state index is 12.3. The molecule has 0 heterocycles. The number of rotatable bonds is 8. The third-order valence-electron chi connectivity index (χ3n) is 3.27. The van der Waals surface area contributed by atoms with Crippen LogP contribution in [0.4, 0.5) is 0 Å². The van der Waals surface area contributed by atoms with Crippen molar-refractivity contribution in [1.29, 1.82) is 0 Å². The van der Waals surface area contributed by atoms with E-state index >= 15 is 0 Å². The molecule has 1 atom stereocenters. The van der Waals surface area contributed by atoms with E-state index in [2.05, 4.69) is 0 Å². The summed E-state index contributed by atoms with van der Waals surface area (Å²) in [4.78, 5) is 9.08. The topological polar surface area (TPSA) is 89.9 Å². The lowest BCUT2D eigenvalue weighted by Gasteiger charge is -2.33. The zero-order chi connectivity index (χ0) is 17.0. The molecular formula is C14H22O6PS+. The second kappa shape index (κ2) is 7.62. The van der Waals surface area contributed by atoms with E-state index in [1.165, 1.54) is 0 Å². The molecule has 0 aliphatic heterocycles. The Hall–Kier alpha value is -0.850. The Balaban J connectivity index is 3.09. The van der Waals surface area contributed by atoms with Gasteiger partial charge >= 0.3 is 8.25 Å². The van der Waals surface area contributed by atoms with Crippen molar-refractivity contribution in [3.05, 3.63) is 35.9 Å². The van der Waals surface area contributed by atoms with Crippen molar-refractivity contribution >= 4 is 18.4 Å². The van der Waals surface area contributed by atoms with Gasteiger partial charge in [0.2, 0.25) is 5.79 Å². The Kier molecular flexibility index (Phi) is 6.65. The van der Waals surface area contributed by atoms with E-state index in [1.807, 2.05) is 0 Å². The van der Waals surface area contributed by atoms with Crippen molar-refractivity contribution in [3.8, 4) is 0 Å². The summed E-state index contributed by atoms with van der Waals surface area (Å²) in [6, 6.07) is 8.57. The smallest absolute Gasteiger partial charge is 0.229 e. The molecule has 8 heteroatoms. The molecule has 124 valence electrons. The van der Waals surface area contributed by atoms with Gasteiger partial charge in [-0.2, -0.15) is 8.42 Å². The monoisotopic (exact) mass is 349 g/mol. The van der Waals surface area contributed by atoms with E-state index in [0.29, 0.717) is 5.56 Å². The maximum absolute atomic E-state index is 12.3. The Labute approximate surface area is 132 Å². The van der Waals surface area contributed by atoms with Gasteiger partial charge in [-0.3, -0.25) is 0 Å². The van der Waals surface area contributed by atoms with Gasteiger partial charge in [-0.1, -0.05) is 62.6 Å². The van der Waals surface area contributed by atoms with Crippen molar-refractivity contribution < 1.29 is 26.6 Å². The van der Waals surface area contributed by atoms with Crippen molar-refractivity contribution in [3.63, 3.8) is 0 Å². The lowest BCUT2D eigenvalue weighted by molar-refractivity contribution is -0.176. The summed E-state index contributed by atoms with van der Waals surface area (Å²) in [5, 5.41) is 0. The first kappa shape index (κ1) is 19.2. The first-order valence-electron chi connectivity index (χ1n) is 6.91. The highest BCUT2D eigenvalue weighted by Crippen LogP contribution is 2.40. The van der Waals surface area contributed by atoms with E-state index in [9.17, 15) is 13.0 Å². The molecule has 0 aliphatic rings. The molecule has 1 rings (SSSR count). The molecule has 0 saturated heterocycles. The van der Waals surface area contributed by atoms with Gasteiger partial charge in [0.15, 0.2) is 0 Å². The minimum Gasteiger partial charge on any atom is -0.229 e. The summed E-state index contributed by atoms with van der Waals surface area (Å²) < 4.78 is 46.0. The number of hydrogen-bond donors (Lipinski definition) is 1. The van der Waals surface area contributed by atoms with Gasteiger partial charge in [0.1, 0.15) is 5.75 Å². The van der Waals surface area contributed by atoms with E-state index in [0.717, 1.165) is 0 Å². The Morgan fingerprint density at radius 2 is 1.64 bits per heavy atom. The van der Waals surface area contributed by atoms with E-state index in [1.54, 1.807) is 58.0 Å². The van der Waals surface area contributed by atoms with Crippen LogP contribution in [0.3, 0.4) is 0 Å². The second-order valence-electron chi connectivity index (χ2n) is 5.63. The van der Waals surface area contributed by atoms with Gasteiger partial charge in [-0.15, -0.1) is 4.89 Å². The van der Waals surface area contributed by atoms with Crippen LogP contribution in [0.25, 0.3) is 0 Å². The zero-order valence-electron chi connectivity index (χ0n) is 13.1. The molecule has 0 fully saturated rings. The van der Waals surface area contributed by atoms with E-state index in [4.69, 9.17) is 13.6 Å². The Bertz CT molecular complexity index is 589. The number of benzene rings is 1. The molecule has 0 aromatic heterocycles. The SMILES string of the molecule is CC(C)C(O[P+](=O)O)(OS(=O)(=O)Cc1ccccc1)C(C)C. The lowest BCUT2D eigenvalue weighted by Crippen LogP contribution is -2.46. The summed E-state index contributed by atoms with van der Waals surface area (Å²) in [7, 11) is -7.00. The average Bonchev–Trinajstić information content (AvgIpc) is 2.36. The van der Waals surface area contributed by atoms with Gasteiger partial charge in [-0.25, -0.2) is 4.18 Å². The van der Waals surface area contributed by atoms with Crippen LogP contribution >= 0.6 is 8.25 Å². The van der Waals surface area contributed by atoms with Crippen LogP contribution in [0, 0.1) is 11.8 Å². The van der Waals surface area contributed by atoms with Crippen LogP contribution < -0.4 is 0 Å². The zero-order valence-corrected chi connectivity index (χ0v) is 14.8. The first-order chi connectivity index (χ1) is 10.1. The second-order valence-corrected chi connectivity index (χ2v) is 7.86. The fraction of sp³-hybridized carbons (Fsp3) is 0.571. The Morgan fingerprint density at radius 1 is 1.14 bits per heavy atom. The lowest BCUT2D eigenvalue weighted by atomic mass is 9.92. The predicted molar refractivity (Wildman–Crippen MR) is 83.5 cm³/mol. The number of hydrogen-bond acceptors (Lipinski definition) is 5. The predicted octanol–water partition coefficient (Wildman–Crippen LogP) is 3.21. The normalized spacial score (nSPS) is 13.7. The highest BCUT2D eigenvalue weighted by Gasteiger charge is 2.51. The van der Waals surface area contributed by atoms with Gasteiger partial charge < -0.3 is 0 Å². The van der Waals surface area contributed by atoms with Crippen LogP contribution in [0.15, 0.2) is 30.3 Å². The quantitative estimate of drug-likeness (QED) is 0.440. The van der Waals surface area contributed by atoms with Crippen molar-refractivity contribution in [1.82, 2.24) is 0 Å². The van der Waals surface area contributed by atoms with Crippen molar-refractivity contribution in [2.75, 3.05) is 0 Å². The van der Waals surface area contributed by atoms with E-state index < -0.39 is 36.0 Å². The standard InChI is InChI=1S/C14H21O6PS/c1-11(2)14(12(3)4,19-21(15)16)20-22(17,18)10-13-8-6-5-7-9-13/h5-9,11-12H,10H2,1-4H3/p+1. The molecule has 1 aromatic rings. The molecule has 0 amide bonds. The summed E-state index contributed by atoms with van der Waals surface area (Å²) >= 11 is 0. The van der Waals surface area contributed by atoms with Gasteiger partial charge in [0.05, 0.1) is 0 Å². The molecule has 0 spiro atoms. The third-order valence-corrected chi connectivity index (χ3v) is 4.92. The molecule has 0 radical (unpaired) electrons. The molecule has 1 aromatic carbocycles. The summed E-state index contributed by atoms with van der Waals surface area (Å²) in [5.41, 5.74) is 0.567. The summed E-state index contributed by atoms with van der Waals surface area (Å²) in [6.07, 6.45) is 0.